The van der Waals surface area contributed by atoms with E-state index in [-0.39, 0.29) is 5.91 Å². The smallest absolute Gasteiger partial charge is 0.251 e. The Labute approximate surface area is 226 Å². The monoisotopic (exact) mass is 516 g/mol. The lowest BCUT2D eigenvalue weighted by Gasteiger charge is -2.25. The summed E-state index contributed by atoms with van der Waals surface area (Å²) in [6.07, 6.45) is 2.74. The molecule has 202 valence electrons. The standard InChI is InChI=1S/C31H40N4O3/c1-21(2)25-12-7-11-24(15-25)19-32-20-28(36)27-16-23-10-6-9-22(14-23)8-4-5-13-33-29-17-26(31(37)34-27)18-30(35-29)38-3/h6-7,9-12,14-15,17-18,21,27-28,32,36H,4-5,8,13,16,19-20H2,1-3H3,(H,33,35)(H,34,37)/t27-,28+/m0/s1. The number of carbonyl (C=O) groups is 1. The Morgan fingerprint density at radius 2 is 1.89 bits per heavy atom. The SMILES string of the molecule is COc1cc2cc(n1)NCCCCc1cccc(c1)C[C@@H]([C@H](O)CNCc1cccc(C(C)C)c1)NC2=O. The first-order valence-electron chi connectivity index (χ1n) is 13.6. The zero-order valence-electron chi connectivity index (χ0n) is 22.7. The zero-order chi connectivity index (χ0) is 26.9. The average Bonchev–Trinajstić information content (AvgIpc) is 2.92. The number of pyridine rings is 1. The van der Waals surface area contributed by atoms with Crippen LogP contribution in [0.2, 0.25) is 0 Å². The molecule has 7 heteroatoms. The first kappa shape index (κ1) is 27.6. The van der Waals surface area contributed by atoms with Crippen molar-refractivity contribution in [2.24, 2.45) is 0 Å². The predicted molar refractivity (Wildman–Crippen MR) is 152 cm³/mol. The van der Waals surface area contributed by atoms with Crippen molar-refractivity contribution in [3.05, 3.63) is 88.5 Å². The average molecular weight is 517 g/mol. The zero-order valence-corrected chi connectivity index (χ0v) is 22.7. The first-order valence-corrected chi connectivity index (χ1v) is 13.6. The molecule has 4 bridgehead atoms. The molecular weight excluding hydrogens is 476 g/mol. The van der Waals surface area contributed by atoms with Gasteiger partial charge in [-0.3, -0.25) is 4.79 Å². The molecule has 0 unspecified atom stereocenters. The van der Waals surface area contributed by atoms with E-state index in [0.29, 0.717) is 42.7 Å². The second-order valence-electron chi connectivity index (χ2n) is 10.4. The van der Waals surface area contributed by atoms with Crippen molar-refractivity contribution in [3.8, 4) is 5.88 Å². The molecule has 2 atom stereocenters. The summed E-state index contributed by atoms with van der Waals surface area (Å²) in [7, 11) is 1.54. The van der Waals surface area contributed by atoms with E-state index in [0.717, 1.165) is 31.4 Å². The third-order valence-corrected chi connectivity index (χ3v) is 7.00. The second kappa shape index (κ2) is 13.4. The first-order chi connectivity index (χ1) is 18.4. The summed E-state index contributed by atoms with van der Waals surface area (Å²) in [4.78, 5) is 17.8. The van der Waals surface area contributed by atoms with E-state index in [1.165, 1.54) is 23.8 Å². The fraction of sp³-hybridized carbons (Fsp3) is 0.419. The van der Waals surface area contributed by atoms with Crippen LogP contribution in [0.4, 0.5) is 5.82 Å². The van der Waals surface area contributed by atoms with Crippen LogP contribution in [0.5, 0.6) is 5.88 Å². The summed E-state index contributed by atoms with van der Waals surface area (Å²) in [5.74, 6) is 1.17. The Kier molecular flexibility index (Phi) is 9.73. The third kappa shape index (κ3) is 7.79. The van der Waals surface area contributed by atoms with Crippen molar-refractivity contribution < 1.29 is 14.6 Å². The molecule has 2 aromatic carbocycles. The van der Waals surface area contributed by atoms with E-state index in [2.05, 4.69) is 83.3 Å². The molecule has 3 aromatic rings. The van der Waals surface area contributed by atoms with Gasteiger partial charge in [0.05, 0.1) is 19.3 Å². The Balaban J connectivity index is 1.52. The number of carbonyl (C=O) groups excluding carboxylic acids is 1. The second-order valence-corrected chi connectivity index (χ2v) is 10.4. The lowest BCUT2D eigenvalue weighted by molar-refractivity contribution is 0.0829. The predicted octanol–water partition coefficient (Wildman–Crippen LogP) is 4.45. The summed E-state index contributed by atoms with van der Waals surface area (Å²) < 4.78 is 5.34. The summed E-state index contributed by atoms with van der Waals surface area (Å²) in [6, 6.07) is 19.8. The van der Waals surface area contributed by atoms with Gasteiger partial charge >= 0.3 is 0 Å². The topological polar surface area (TPSA) is 95.5 Å². The van der Waals surface area contributed by atoms with Gasteiger partial charge in [0.2, 0.25) is 5.88 Å². The van der Waals surface area contributed by atoms with Crippen molar-refractivity contribution >= 4 is 11.7 Å². The number of aryl methyl sites for hydroxylation is 1. The Morgan fingerprint density at radius 1 is 1.08 bits per heavy atom. The normalized spacial score (nSPS) is 17.1. The highest BCUT2D eigenvalue weighted by molar-refractivity contribution is 5.95. The molecule has 0 saturated heterocycles. The molecule has 0 aliphatic carbocycles. The number of hydrogen-bond donors (Lipinski definition) is 4. The number of fused-ring (bicyclic) bond motifs is 4. The Bertz CT molecular complexity index is 1210. The summed E-state index contributed by atoms with van der Waals surface area (Å²) in [5, 5.41) is 21.0. The van der Waals surface area contributed by atoms with E-state index in [4.69, 9.17) is 4.74 Å². The number of aliphatic hydroxyl groups excluding tert-OH is 1. The lowest BCUT2D eigenvalue weighted by atomic mass is 9.97. The number of amides is 1. The molecule has 0 spiro atoms. The van der Waals surface area contributed by atoms with Crippen LogP contribution in [0, 0.1) is 0 Å². The fourth-order valence-corrected chi connectivity index (χ4v) is 4.77. The van der Waals surface area contributed by atoms with Gasteiger partial charge in [-0.15, -0.1) is 0 Å². The van der Waals surface area contributed by atoms with E-state index in [9.17, 15) is 9.90 Å². The number of rotatable bonds is 7. The highest BCUT2D eigenvalue weighted by atomic mass is 16.5. The molecule has 7 nitrogen and oxygen atoms in total. The van der Waals surface area contributed by atoms with Crippen LogP contribution in [0.25, 0.3) is 0 Å². The van der Waals surface area contributed by atoms with Gasteiger partial charge in [-0.1, -0.05) is 62.4 Å². The number of benzene rings is 2. The number of aromatic nitrogens is 1. The summed E-state index contributed by atoms with van der Waals surface area (Å²) >= 11 is 0. The molecule has 4 rings (SSSR count). The summed E-state index contributed by atoms with van der Waals surface area (Å²) in [5.41, 5.74) is 5.27. The van der Waals surface area contributed by atoms with Crippen LogP contribution in [-0.4, -0.2) is 48.3 Å². The van der Waals surface area contributed by atoms with E-state index >= 15 is 0 Å². The van der Waals surface area contributed by atoms with Crippen molar-refractivity contribution in [2.75, 3.05) is 25.5 Å². The van der Waals surface area contributed by atoms with Crippen LogP contribution in [0.1, 0.15) is 65.2 Å². The number of hydrogen-bond acceptors (Lipinski definition) is 6. The van der Waals surface area contributed by atoms with Crippen molar-refractivity contribution in [2.45, 2.75) is 64.1 Å². The molecule has 0 fully saturated rings. The molecule has 1 aliphatic rings. The fourth-order valence-electron chi connectivity index (χ4n) is 4.77. The van der Waals surface area contributed by atoms with Gasteiger partial charge < -0.3 is 25.8 Å². The molecule has 0 radical (unpaired) electrons. The maximum Gasteiger partial charge on any atom is 0.251 e. The third-order valence-electron chi connectivity index (χ3n) is 7.00. The minimum absolute atomic E-state index is 0.270. The number of aliphatic hydroxyl groups is 1. The van der Waals surface area contributed by atoms with Gasteiger partial charge in [-0.05, 0) is 59.9 Å². The van der Waals surface area contributed by atoms with E-state index < -0.39 is 12.1 Å². The molecule has 1 aromatic heterocycles. The minimum Gasteiger partial charge on any atom is -0.481 e. The highest BCUT2D eigenvalue weighted by Gasteiger charge is 2.23. The number of nitrogens with zero attached hydrogens (tertiary/aromatic N) is 1. The van der Waals surface area contributed by atoms with Crippen LogP contribution in [0.15, 0.2) is 60.7 Å². The summed E-state index contributed by atoms with van der Waals surface area (Å²) in [6.45, 7) is 6.11. The number of methoxy groups -OCH3 is 1. The van der Waals surface area contributed by atoms with Crippen molar-refractivity contribution in [1.82, 2.24) is 15.6 Å². The highest BCUT2D eigenvalue weighted by Crippen LogP contribution is 2.19. The molecule has 2 heterocycles. The molecule has 4 N–H and O–H groups in total. The van der Waals surface area contributed by atoms with E-state index in [1.54, 1.807) is 12.1 Å². The molecular formula is C31H40N4O3. The van der Waals surface area contributed by atoms with Gasteiger partial charge in [0.25, 0.3) is 5.91 Å². The van der Waals surface area contributed by atoms with Gasteiger partial charge in [-0.25, -0.2) is 0 Å². The van der Waals surface area contributed by atoms with Gasteiger partial charge in [0.15, 0.2) is 0 Å². The Morgan fingerprint density at radius 3 is 2.71 bits per heavy atom. The van der Waals surface area contributed by atoms with Crippen LogP contribution >= 0.6 is 0 Å². The number of nitrogens with one attached hydrogen (secondary N) is 3. The van der Waals surface area contributed by atoms with Gasteiger partial charge in [0.1, 0.15) is 5.82 Å². The van der Waals surface area contributed by atoms with E-state index in [1.807, 2.05) is 0 Å². The maximum atomic E-state index is 13.4. The molecule has 38 heavy (non-hydrogen) atoms. The van der Waals surface area contributed by atoms with Crippen LogP contribution in [0.3, 0.4) is 0 Å². The number of ether oxygens (including phenoxy) is 1. The van der Waals surface area contributed by atoms with Crippen molar-refractivity contribution in [3.63, 3.8) is 0 Å². The van der Waals surface area contributed by atoms with Crippen LogP contribution < -0.4 is 20.7 Å². The minimum atomic E-state index is -0.784. The molecule has 1 amide bonds. The number of anilines is 1. The quantitative estimate of drug-likeness (QED) is 0.371. The van der Waals surface area contributed by atoms with Crippen LogP contribution in [-0.2, 0) is 19.4 Å². The maximum absolute atomic E-state index is 13.4. The molecule has 1 aliphatic heterocycles. The Hall–Kier alpha value is -3.42. The largest absolute Gasteiger partial charge is 0.481 e. The van der Waals surface area contributed by atoms with Crippen molar-refractivity contribution in [1.29, 1.82) is 0 Å². The molecule has 0 saturated carbocycles. The lowest BCUT2D eigenvalue weighted by Crippen LogP contribution is -2.48. The van der Waals surface area contributed by atoms with Gasteiger partial charge in [-0.2, -0.15) is 4.98 Å². The van der Waals surface area contributed by atoms with Gasteiger partial charge in [0, 0.05) is 31.3 Å².